The van der Waals surface area contributed by atoms with Crippen molar-refractivity contribution in [1.29, 1.82) is 0 Å². The molecule has 0 aliphatic heterocycles. The van der Waals surface area contributed by atoms with Crippen molar-refractivity contribution < 1.29 is 14.4 Å². The molecule has 6 nitrogen and oxygen atoms in total. The lowest BCUT2D eigenvalue weighted by Gasteiger charge is -2.03. The molecule has 0 bridgehead atoms. The monoisotopic (exact) mass is 325 g/mol. The van der Waals surface area contributed by atoms with Gasteiger partial charge in [0, 0.05) is 23.5 Å². The Balaban J connectivity index is 2.06. The molecular formula is C12H12BrN3O3. The molecule has 2 heterocycles. The Bertz CT molecular complexity index is 568. The van der Waals surface area contributed by atoms with Gasteiger partial charge in [-0.05, 0) is 34.0 Å². The normalized spacial score (nSPS) is 12.3. The van der Waals surface area contributed by atoms with E-state index in [1.807, 2.05) is 13.0 Å². The van der Waals surface area contributed by atoms with Crippen LogP contribution in [0.5, 0.6) is 0 Å². The quantitative estimate of drug-likeness (QED) is 0.908. The first-order valence-corrected chi connectivity index (χ1v) is 6.50. The fourth-order valence-electron chi connectivity index (χ4n) is 1.62. The molecule has 0 radical (unpaired) electrons. The molecule has 1 atom stereocenters. The Labute approximate surface area is 118 Å². The molecule has 1 N–H and O–H groups in total. The number of nitrogens with zero attached hydrogens (tertiary/aromatic N) is 3. The van der Waals surface area contributed by atoms with E-state index in [4.69, 9.17) is 9.63 Å². The van der Waals surface area contributed by atoms with Gasteiger partial charge in [0.2, 0.25) is 11.7 Å². The van der Waals surface area contributed by atoms with Crippen LogP contribution in [0.2, 0.25) is 0 Å². The highest BCUT2D eigenvalue weighted by Gasteiger charge is 2.14. The van der Waals surface area contributed by atoms with Gasteiger partial charge in [0.1, 0.15) is 5.69 Å². The van der Waals surface area contributed by atoms with Gasteiger partial charge >= 0.3 is 5.97 Å². The molecule has 0 saturated heterocycles. The first-order chi connectivity index (χ1) is 9.04. The average Bonchev–Trinajstić information content (AvgIpc) is 2.77. The molecule has 1 unspecified atom stereocenters. The van der Waals surface area contributed by atoms with Gasteiger partial charge in [-0.3, -0.25) is 9.78 Å². The van der Waals surface area contributed by atoms with E-state index in [9.17, 15) is 4.79 Å². The number of carboxylic acids is 1. The van der Waals surface area contributed by atoms with E-state index in [0.717, 1.165) is 4.47 Å². The molecule has 0 fully saturated rings. The highest BCUT2D eigenvalue weighted by atomic mass is 79.9. The first-order valence-electron chi connectivity index (χ1n) is 5.71. The summed E-state index contributed by atoms with van der Waals surface area (Å²) in [5.41, 5.74) is 0.615. The van der Waals surface area contributed by atoms with Crippen molar-refractivity contribution in [2.75, 3.05) is 0 Å². The molecule has 100 valence electrons. The molecule has 0 saturated carbocycles. The summed E-state index contributed by atoms with van der Waals surface area (Å²) in [5.74, 6) is -0.0519. The van der Waals surface area contributed by atoms with Gasteiger partial charge in [-0.1, -0.05) is 12.1 Å². The van der Waals surface area contributed by atoms with Crippen molar-refractivity contribution >= 4 is 21.9 Å². The topological polar surface area (TPSA) is 89.1 Å². The van der Waals surface area contributed by atoms with Crippen LogP contribution in [0.3, 0.4) is 0 Å². The largest absolute Gasteiger partial charge is 0.481 e. The van der Waals surface area contributed by atoms with Gasteiger partial charge in [-0.15, -0.1) is 0 Å². The smallest absolute Gasteiger partial charge is 0.303 e. The highest BCUT2D eigenvalue weighted by molar-refractivity contribution is 9.10. The minimum absolute atomic E-state index is 0.0522. The highest BCUT2D eigenvalue weighted by Crippen LogP contribution is 2.17. The van der Waals surface area contributed by atoms with Crippen LogP contribution in [0.25, 0.3) is 11.5 Å². The van der Waals surface area contributed by atoms with Crippen LogP contribution < -0.4 is 0 Å². The lowest BCUT2D eigenvalue weighted by molar-refractivity contribution is -0.137. The third-order valence-corrected chi connectivity index (χ3v) is 2.94. The van der Waals surface area contributed by atoms with E-state index >= 15 is 0 Å². The van der Waals surface area contributed by atoms with Gasteiger partial charge in [0.25, 0.3) is 0 Å². The van der Waals surface area contributed by atoms with Crippen molar-refractivity contribution in [3.05, 3.63) is 28.7 Å². The number of rotatable bonds is 5. The number of aromatic nitrogens is 3. The Morgan fingerprint density at radius 1 is 1.53 bits per heavy atom. The fourth-order valence-corrected chi connectivity index (χ4v) is 1.85. The van der Waals surface area contributed by atoms with Crippen LogP contribution in [0.4, 0.5) is 0 Å². The molecule has 0 spiro atoms. The van der Waals surface area contributed by atoms with Gasteiger partial charge in [0.05, 0.1) is 0 Å². The number of hydrogen-bond donors (Lipinski definition) is 1. The van der Waals surface area contributed by atoms with E-state index in [1.54, 1.807) is 12.3 Å². The average molecular weight is 326 g/mol. The zero-order chi connectivity index (χ0) is 13.8. The summed E-state index contributed by atoms with van der Waals surface area (Å²) in [6.45, 7) is 1.83. The summed E-state index contributed by atoms with van der Waals surface area (Å²) in [5, 5.41) is 12.5. The van der Waals surface area contributed by atoms with E-state index in [-0.39, 0.29) is 12.3 Å². The summed E-state index contributed by atoms with van der Waals surface area (Å²) >= 11 is 3.30. The van der Waals surface area contributed by atoms with Crippen molar-refractivity contribution in [2.24, 2.45) is 5.92 Å². The molecule has 2 aromatic rings. The summed E-state index contributed by atoms with van der Waals surface area (Å²) in [7, 11) is 0. The lowest BCUT2D eigenvalue weighted by Crippen LogP contribution is -2.07. The predicted octanol–water partition coefficient (Wildman–Crippen LogP) is 2.55. The van der Waals surface area contributed by atoms with Crippen LogP contribution in [0.1, 0.15) is 19.2 Å². The Morgan fingerprint density at radius 2 is 2.32 bits per heavy atom. The van der Waals surface area contributed by atoms with Crippen LogP contribution in [-0.4, -0.2) is 26.2 Å². The number of carboxylic acid groups (broad SMARTS) is 1. The second-order valence-corrected chi connectivity index (χ2v) is 5.20. The molecule has 0 amide bonds. The molecule has 0 aliphatic carbocycles. The number of hydrogen-bond acceptors (Lipinski definition) is 5. The summed E-state index contributed by atoms with van der Waals surface area (Å²) in [4.78, 5) is 18.9. The van der Waals surface area contributed by atoms with E-state index in [0.29, 0.717) is 23.8 Å². The molecule has 19 heavy (non-hydrogen) atoms. The summed E-state index contributed by atoms with van der Waals surface area (Å²) in [6, 6.07) is 3.62. The number of halogens is 1. The Morgan fingerprint density at radius 3 is 2.95 bits per heavy atom. The number of pyridine rings is 1. The van der Waals surface area contributed by atoms with Crippen LogP contribution in [0.15, 0.2) is 27.3 Å². The predicted molar refractivity (Wildman–Crippen MR) is 70.3 cm³/mol. The maximum absolute atomic E-state index is 10.6. The molecular weight excluding hydrogens is 314 g/mol. The van der Waals surface area contributed by atoms with Gasteiger partial charge in [0.15, 0.2) is 0 Å². The molecule has 0 aromatic carbocycles. The standard InChI is InChI=1S/C12H12BrN3O3/c1-7(5-11(17)18)4-10-15-12(16-19-10)9-3-2-8(13)6-14-9/h2-3,6-7H,4-5H2,1H3,(H,17,18). The van der Waals surface area contributed by atoms with E-state index in [1.165, 1.54) is 0 Å². The number of carbonyl (C=O) groups is 1. The minimum Gasteiger partial charge on any atom is -0.481 e. The Hall–Kier alpha value is -1.76. The van der Waals surface area contributed by atoms with Crippen molar-refractivity contribution in [1.82, 2.24) is 15.1 Å². The third kappa shape index (κ3) is 3.85. The fraction of sp³-hybridized carbons (Fsp3) is 0.333. The first kappa shape index (κ1) is 13.7. The van der Waals surface area contributed by atoms with Gasteiger partial charge in [-0.2, -0.15) is 4.98 Å². The van der Waals surface area contributed by atoms with Gasteiger partial charge in [-0.25, -0.2) is 0 Å². The molecule has 0 aliphatic rings. The van der Waals surface area contributed by atoms with E-state index < -0.39 is 5.97 Å². The van der Waals surface area contributed by atoms with Gasteiger partial charge < -0.3 is 9.63 Å². The second kappa shape index (κ2) is 5.92. The number of aliphatic carboxylic acids is 1. The third-order valence-electron chi connectivity index (χ3n) is 2.47. The zero-order valence-corrected chi connectivity index (χ0v) is 11.8. The van der Waals surface area contributed by atoms with Crippen molar-refractivity contribution in [3.63, 3.8) is 0 Å². The molecule has 7 heteroatoms. The van der Waals surface area contributed by atoms with Crippen LogP contribution in [-0.2, 0) is 11.2 Å². The molecule has 2 aromatic heterocycles. The summed E-state index contributed by atoms with van der Waals surface area (Å²) < 4.78 is 5.97. The van der Waals surface area contributed by atoms with Crippen LogP contribution in [0, 0.1) is 5.92 Å². The van der Waals surface area contributed by atoms with Crippen LogP contribution >= 0.6 is 15.9 Å². The van der Waals surface area contributed by atoms with Crippen molar-refractivity contribution in [2.45, 2.75) is 19.8 Å². The zero-order valence-electron chi connectivity index (χ0n) is 10.2. The molecule has 2 rings (SSSR count). The second-order valence-electron chi connectivity index (χ2n) is 4.28. The minimum atomic E-state index is -0.832. The lowest BCUT2D eigenvalue weighted by atomic mass is 10.0. The summed E-state index contributed by atoms with van der Waals surface area (Å²) in [6.07, 6.45) is 2.17. The SMILES string of the molecule is CC(CC(=O)O)Cc1nc(-c2ccc(Br)cn2)no1. The Kier molecular flexibility index (Phi) is 4.26. The van der Waals surface area contributed by atoms with E-state index in [2.05, 4.69) is 31.1 Å². The van der Waals surface area contributed by atoms with Crippen molar-refractivity contribution in [3.8, 4) is 11.5 Å². The maximum atomic E-state index is 10.6. The maximum Gasteiger partial charge on any atom is 0.303 e.